The van der Waals surface area contributed by atoms with Gasteiger partial charge in [0.25, 0.3) is 0 Å². The summed E-state index contributed by atoms with van der Waals surface area (Å²) in [5.74, 6) is 0. The first-order valence-corrected chi connectivity index (χ1v) is 4.46. The van der Waals surface area contributed by atoms with Gasteiger partial charge in [-0.05, 0) is 26.2 Å². The molecule has 3 nitrogen and oxygen atoms in total. The summed E-state index contributed by atoms with van der Waals surface area (Å²) < 4.78 is 0. The molecule has 0 atom stereocenters. The summed E-state index contributed by atoms with van der Waals surface area (Å²) in [6, 6.07) is 4.03. The van der Waals surface area contributed by atoms with E-state index in [9.17, 15) is 0 Å². The quantitative estimate of drug-likeness (QED) is 0.689. The van der Waals surface area contributed by atoms with Gasteiger partial charge in [-0.1, -0.05) is 0 Å². The molecule has 1 aromatic rings. The molecule has 3 heteroatoms. The number of rotatable bonds is 4. The molecule has 13 heavy (non-hydrogen) atoms. The Kier molecular flexibility index (Phi) is 3.71. The molecule has 0 fully saturated rings. The molecule has 0 aromatic carbocycles. The summed E-state index contributed by atoms with van der Waals surface area (Å²) in [6.45, 7) is 2.09. The van der Waals surface area contributed by atoms with E-state index >= 15 is 0 Å². The summed E-state index contributed by atoms with van der Waals surface area (Å²) in [4.78, 5) is 8.45. The van der Waals surface area contributed by atoms with Crippen molar-refractivity contribution in [2.24, 2.45) is 0 Å². The zero-order valence-electron chi connectivity index (χ0n) is 8.57. The maximum atomic E-state index is 4.08. The minimum absolute atomic E-state index is 1.03. The lowest BCUT2D eigenvalue weighted by atomic mass is 10.4. The van der Waals surface area contributed by atoms with Crippen molar-refractivity contribution in [2.45, 2.75) is 0 Å². The third kappa shape index (κ3) is 3.42. The lowest BCUT2D eigenvalue weighted by molar-refractivity contribution is 0.416. The van der Waals surface area contributed by atoms with Crippen LogP contribution in [0.3, 0.4) is 0 Å². The third-order valence-electron chi connectivity index (χ3n) is 1.97. The maximum absolute atomic E-state index is 4.08. The molecule has 0 saturated heterocycles. The van der Waals surface area contributed by atoms with Crippen LogP contribution in [0.15, 0.2) is 24.5 Å². The lowest BCUT2D eigenvalue weighted by Gasteiger charge is -2.20. The molecular formula is C10H17N3. The summed E-state index contributed by atoms with van der Waals surface area (Å²) in [6.07, 6.45) is 3.68. The molecule has 1 aromatic heterocycles. The number of anilines is 1. The highest BCUT2D eigenvalue weighted by Crippen LogP contribution is 2.07. The van der Waals surface area contributed by atoms with Crippen molar-refractivity contribution in [3.63, 3.8) is 0 Å². The van der Waals surface area contributed by atoms with Gasteiger partial charge in [0.05, 0.1) is 11.9 Å². The predicted octanol–water partition coefficient (Wildman–Crippen LogP) is 1.08. The van der Waals surface area contributed by atoms with Crippen molar-refractivity contribution in [1.82, 2.24) is 9.88 Å². The van der Waals surface area contributed by atoms with E-state index in [1.807, 2.05) is 12.3 Å². The number of nitrogens with zero attached hydrogens (tertiary/aromatic N) is 3. The van der Waals surface area contributed by atoms with E-state index in [1.165, 1.54) is 5.69 Å². The molecule has 1 rings (SSSR count). The fraction of sp³-hybridized carbons (Fsp3) is 0.500. The second-order valence-corrected chi connectivity index (χ2v) is 3.44. The van der Waals surface area contributed by atoms with Crippen LogP contribution in [-0.2, 0) is 0 Å². The maximum Gasteiger partial charge on any atom is 0.0550 e. The Morgan fingerprint density at radius 1 is 1.23 bits per heavy atom. The molecule has 0 amide bonds. The van der Waals surface area contributed by atoms with Crippen LogP contribution in [0.5, 0.6) is 0 Å². The first-order chi connectivity index (χ1) is 6.20. The topological polar surface area (TPSA) is 19.4 Å². The Labute approximate surface area is 80.0 Å². The summed E-state index contributed by atoms with van der Waals surface area (Å²) in [5.41, 5.74) is 1.17. The molecule has 0 spiro atoms. The van der Waals surface area contributed by atoms with Crippen LogP contribution in [0.25, 0.3) is 0 Å². The average molecular weight is 179 g/mol. The van der Waals surface area contributed by atoms with Gasteiger partial charge < -0.3 is 9.80 Å². The van der Waals surface area contributed by atoms with E-state index in [-0.39, 0.29) is 0 Å². The van der Waals surface area contributed by atoms with Gasteiger partial charge in [-0.15, -0.1) is 0 Å². The van der Waals surface area contributed by atoms with E-state index in [0.717, 1.165) is 13.1 Å². The first-order valence-electron chi connectivity index (χ1n) is 4.46. The normalized spacial score (nSPS) is 10.5. The van der Waals surface area contributed by atoms with Crippen LogP contribution in [0, 0.1) is 0 Å². The molecule has 0 saturated carbocycles. The Morgan fingerprint density at radius 3 is 2.54 bits per heavy atom. The number of likely N-dealkylation sites (N-methyl/N-ethyl adjacent to an activating group) is 2. The molecule has 1 heterocycles. The van der Waals surface area contributed by atoms with E-state index in [1.54, 1.807) is 6.20 Å². The van der Waals surface area contributed by atoms with Crippen LogP contribution in [0.1, 0.15) is 0 Å². The molecule has 72 valence electrons. The molecule has 0 aliphatic rings. The van der Waals surface area contributed by atoms with Gasteiger partial charge in [-0.3, -0.25) is 4.98 Å². The van der Waals surface area contributed by atoms with Crippen molar-refractivity contribution in [3.05, 3.63) is 24.5 Å². The fourth-order valence-electron chi connectivity index (χ4n) is 1.06. The van der Waals surface area contributed by atoms with Gasteiger partial charge in [0.1, 0.15) is 0 Å². The molecule has 0 unspecified atom stereocenters. The monoisotopic (exact) mass is 179 g/mol. The highest BCUT2D eigenvalue weighted by atomic mass is 15.2. The standard InChI is InChI=1S/C10H17N3/c1-12(2)7-8-13(3)10-5-4-6-11-9-10/h4-6,9H,7-8H2,1-3H3. The van der Waals surface area contributed by atoms with E-state index in [4.69, 9.17) is 0 Å². The summed E-state index contributed by atoms with van der Waals surface area (Å²) >= 11 is 0. The highest BCUT2D eigenvalue weighted by molar-refractivity contribution is 5.42. The van der Waals surface area contributed by atoms with Crippen molar-refractivity contribution < 1.29 is 0 Å². The predicted molar refractivity (Wildman–Crippen MR) is 56.1 cm³/mol. The van der Waals surface area contributed by atoms with Crippen LogP contribution < -0.4 is 4.90 Å². The second kappa shape index (κ2) is 4.82. The average Bonchev–Trinajstić information content (AvgIpc) is 2.15. The van der Waals surface area contributed by atoms with Gasteiger partial charge in [-0.2, -0.15) is 0 Å². The minimum atomic E-state index is 1.03. The molecule has 0 aliphatic heterocycles. The van der Waals surface area contributed by atoms with Crippen LogP contribution >= 0.6 is 0 Å². The van der Waals surface area contributed by atoms with Crippen LogP contribution in [-0.4, -0.2) is 44.1 Å². The molecule has 0 bridgehead atoms. The number of hydrogen-bond acceptors (Lipinski definition) is 3. The van der Waals surface area contributed by atoms with Crippen molar-refractivity contribution in [1.29, 1.82) is 0 Å². The number of pyridine rings is 1. The van der Waals surface area contributed by atoms with Crippen LogP contribution in [0.4, 0.5) is 5.69 Å². The Balaban J connectivity index is 2.44. The molecule has 0 aliphatic carbocycles. The van der Waals surface area contributed by atoms with Gasteiger partial charge in [0.15, 0.2) is 0 Å². The van der Waals surface area contributed by atoms with Gasteiger partial charge >= 0.3 is 0 Å². The lowest BCUT2D eigenvalue weighted by Crippen LogP contribution is -2.28. The number of hydrogen-bond donors (Lipinski definition) is 0. The molecule has 0 radical (unpaired) electrons. The third-order valence-corrected chi connectivity index (χ3v) is 1.97. The molecular weight excluding hydrogens is 162 g/mol. The van der Waals surface area contributed by atoms with E-state index < -0.39 is 0 Å². The first kappa shape index (κ1) is 9.99. The highest BCUT2D eigenvalue weighted by Gasteiger charge is 1.99. The van der Waals surface area contributed by atoms with Gasteiger partial charge in [-0.25, -0.2) is 0 Å². The van der Waals surface area contributed by atoms with E-state index in [2.05, 4.69) is 42.0 Å². The van der Waals surface area contributed by atoms with Crippen molar-refractivity contribution >= 4 is 5.69 Å². The van der Waals surface area contributed by atoms with Crippen molar-refractivity contribution in [2.75, 3.05) is 39.1 Å². The van der Waals surface area contributed by atoms with Gasteiger partial charge in [0.2, 0.25) is 0 Å². The zero-order valence-corrected chi connectivity index (χ0v) is 8.57. The fourth-order valence-corrected chi connectivity index (χ4v) is 1.06. The van der Waals surface area contributed by atoms with Crippen LogP contribution in [0.2, 0.25) is 0 Å². The summed E-state index contributed by atoms with van der Waals surface area (Å²) in [5, 5.41) is 0. The minimum Gasteiger partial charge on any atom is -0.372 e. The SMILES string of the molecule is CN(C)CCN(C)c1cccnc1. The van der Waals surface area contributed by atoms with Gasteiger partial charge in [0, 0.05) is 26.3 Å². The largest absolute Gasteiger partial charge is 0.372 e. The van der Waals surface area contributed by atoms with E-state index in [0.29, 0.717) is 0 Å². The summed E-state index contributed by atoms with van der Waals surface area (Å²) in [7, 11) is 6.24. The Morgan fingerprint density at radius 2 is 2.00 bits per heavy atom. The smallest absolute Gasteiger partial charge is 0.0550 e. The number of aromatic nitrogens is 1. The second-order valence-electron chi connectivity index (χ2n) is 3.44. The Hall–Kier alpha value is -1.09. The zero-order chi connectivity index (χ0) is 9.68. The Bertz CT molecular complexity index is 233. The molecule has 0 N–H and O–H groups in total. The van der Waals surface area contributed by atoms with Crippen molar-refractivity contribution in [3.8, 4) is 0 Å².